The van der Waals surface area contributed by atoms with Gasteiger partial charge in [0.2, 0.25) is 0 Å². The van der Waals surface area contributed by atoms with Crippen molar-refractivity contribution in [1.82, 2.24) is 10.2 Å². The van der Waals surface area contributed by atoms with Crippen molar-refractivity contribution in [2.24, 2.45) is 0 Å². The molecule has 0 saturated carbocycles. The molecule has 0 bridgehead atoms. The van der Waals surface area contributed by atoms with Crippen molar-refractivity contribution in [2.75, 3.05) is 0 Å². The van der Waals surface area contributed by atoms with Gasteiger partial charge in [0.15, 0.2) is 5.01 Å². The summed E-state index contributed by atoms with van der Waals surface area (Å²) in [6, 6.07) is 2.31. The Labute approximate surface area is 117 Å². The predicted octanol–water partition coefficient (Wildman–Crippen LogP) is 4.60. The van der Waals surface area contributed by atoms with E-state index in [2.05, 4.69) is 39.1 Å². The van der Waals surface area contributed by atoms with Gasteiger partial charge in [0.25, 0.3) is 0 Å². The zero-order valence-corrected chi connectivity index (χ0v) is 12.8. The summed E-state index contributed by atoms with van der Waals surface area (Å²) in [5.74, 6) is 0. The maximum atomic E-state index is 4.32. The second-order valence-electron chi connectivity index (χ2n) is 4.23. The lowest BCUT2D eigenvalue weighted by molar-refractivity contribution is 0.870. The Morgan fingerprint density at radius 1 is 1.35 bits per heavy atom. The number of nitrogens with zero attached hydrogens (tertiary/aromatic N) is 2. The van der Waals surface area contributed by atoms with Gasteiger partial charge >= 0.3 is 0 Å². The van der Waals surface area contributed by atoms with Crippen LogP contribution in [0.3, 0.4) is 0 Å². The minimum Gasteiger partial charge on any atom is -0.142 e. The lowest BCUT2D eigenvalue weighted by Crippen LogP contribution is -1.84. The Bertz CT molecular complexity index is 511. The molecule has 2 aromatic heterocycles. The molecule has 0 radical (unpaired) electrons. The first-order valence-electron chi connectivity index (χ1n) is 5.87. The van der Waals surface area contributed by atoms with E-state index in [1.54, 1.807) is 16.2 Å². The number of hydrogen-bond acceptors (Lipinski definition) is 4. The van der Waals surface area contributed by atoms with E-state index in [0.717, 1.165) is 16.4 Å². The topological polar surface area (TPSA) is 25.8 Å². The fourth-order valence-electron chi connectivity index (χ4n) is 2.07. The van der Waals surface area contributed by atoms with E-state index < -0.39 is 0 Å². The van der Waals surface area contributed by atoms with Gasteiger partial charge in [-0.05, 0) is 37.3 Å². The van der Waals surface area contributed by atoms with Crippen molar-refractivity contribution >= 4 is 38.6 Å². The van der Waals surface area contributed by atoms with Gasteiger partial charge in [-0.1, -0.05) is 34.2 Å². The van der Waals surface area contributed by atoms with E-state index in [9.17, 15) is 0 Å². The summed E-state index contributed by atoms with van der Waals surface area (Å²) in [5, 5.41) is 10.8. The molecule has 5 heteroatoms. The molecule has 0 aliphatic heterocycles. The Morgan fingerprint density at radius 2 is 2.24 bits per heavy atom. The fraction of sp³-hybridized carbons (Fsp3) is 0.500. The van der Waals surface area contributed by atoms with E-state index in [0.29, 0.717) is 4.83 Å². The molecular formula is C12H13BrN2S2. The largest absolute Gasteiger partial charge is 0.157 e. The molecule has 0 amide bonds. The zero-order chi connectivity index (χ0) is 11.8. The van der Waals surface area contributed by atoms with Crippen molar-refractivity contribution in [2.45, 2.75) is 37.4 Å². The van der Waals surface area contributed by atoms with E-state index >= 15 is 0 Å². The molecule has 3 rings (SSSR count). The average Bonchev–Trinajstić information content (AvgIpc) is 3.00. The zero-order valence-electron chi connectivity index (χ0n) is 9.57. The second-order valence-corrected chi connectivity index (χ2v) is 7.49. The molecule has 2 nitrogen and oxygen atoms in total. The van der Waals surface area contributed by atoms with Crippen molar-refractivity contribution < 1.29 is 0 Å². The van der Waals surface area contributed by atoms with Crippen LogP contribution in [0.4, 0.5) is 0 Å². The number of alkyl halides is 1. The Balaban J connectivity index is 1.90. The predicted molar refractivity (Wildman–Crippen MR) is 77.2 cm³/mol. The van der Waals surface area contributed by atoms with Crippen LogP contribution in [0.2, 0.25) is 0 Å². The minimum atomic E-state index is 0.348. The van der Waals surface area contributed by atoms with Crippen LogP contribution in [-0.2, 0) is 12.8 Å². The molecule has 0 N–H and O–H groups in total. The first kappa shape index (κ1) is 11.8. The Kier molecular flexibility index (Phi) is 3.32. The highest BCUT2D eigenvalue weighted by molar-refractivity contribution is 9.09. The summed E-state index contributed by atoms with van der Waals surface area (Å²) in [4.78, 5) is 3.21. The molecule has 2 heterocycles. The summed E-state index contributed by atoms with van der Waals surface area (Å²) in [6.07, 6.45) is 4.87. The Morgan fingerprint density at radius 3 is 3.00 bits per heavy atom. The summed E-state index contributed by atoms with van der Waals surface area (Å²) in [6.45, 7) is 2.15. The standard InChI is InChI=1S/C12H13BrN2S2/c1-2-8(13)11-14-15-12(17-11)10-6-7-4-3-5-9(7)16-10/h6,8H,2-5H2,1H3. The van der Waals surface area contributed by atoms with Crippen LogP contribution >= 0.6 is 38.6 Å². The number of aryl methyl sites for hydroxylation is 2. The first-order chi connectivity index (χ1) is 8.28. The summed E-state index contributed by atoms with van der Waals surface area (Å²) >= 11 is 7.24. The lowest BCUT2D eigenvalue weighted by atomic mass is 10.2. The summed E-state index contributed by atoms with van der Waals surface area (Å²) in [7, 11) is 0. The quantitative estimate of drug-likeness (QED) is 0.769. The molecule has 17 heavy (non-hydrogen) atoms. The van der Waals surface area contributed by atoms with Crippen LogP contribution in [-0.4, -0.2) is 10.2 Å². The number of fused-ring (bicyclic) bond motifs is 1. The lowest BCUT2D eigenvalue weighted by Gasteiger charge is -1.97. The number of aromatic nitrogens is 2. The molecule has 0 saturated heterocycles. The van der Waals surface area contributed by atoms with Crippen molar-refractivity contribution in [1.29, 1.82) is 0 Å². The highest BCUT2D eigenvalue weighted by atomic mass is 79.9. The normalized spacial score (nSPS) is 16.1. The molecule has 0 aromatic carbocycles. The molecule has 1 unspecified atom stereocenters. The maximum Gasteiger partial charge on any atom is 0.157 e. The van der Waals surface area contributed by atoms with Crippen molar-refractivity contribution in [3.8, 4) is 9.88 Å². The van der Waals surface area contributed by atoms with E-state index in [-0.39, 0.29) is 0 Å². The third kappa shape index (κ3) is 2.20. The molecule has 2 aromatic rings. The van der Waals surface area contributed by atoms with Gasteiger partial charge in [0.05, 0.1) is 9.70 Å². The first-order valence-corrected chi connectivity index (χ1v) is 8.42. The molecule has 1 aliphatic carbocycles. The van der Waals surface area contributed by atoms with Gasteiger partial charge in [0, 0.05) is 4.88 Å². The summed E-state index contributed by atoms with van der Waals surface area (Å²) < 4.78 is 0. The highest BCUT2D eigenvalue weighted by Crippen LogP contribution is 2.39. The molecule has 0 fully saturated rings. The van der Waals surface area contributed by atoms with Crippen molar-refractivity contribution in [3.63, 3.8) is 0 Å². The van der Waals surface area contributed by atoms with Gasteiger partial charge in [-0.3, -0.25) is 0 Å². The third-order valence-electron chi connectivity index (χ3n) is 3.02. The number of rotatable bonds is 3. The van der Waals surface area contributed by atoms with Gasteiger partial charge in [0.1, 0.15) is 5.01 Å². The smallest absolute Gasteiger partial charge is 0.142 e. The molecule has 1 atom stereocenters. The SMILES string of the molecule is CCC(Br)c1nnc(-c2cc3c(s2)CCC3)s1. The van der Waals surface area contributed by atoms with Crippen LogP contribution in [0, 0.1) is 0 Å². The van der Waals surface area contributed by atoms with Gasteiger partial charge < -0.3 is 0 Å². The fourth-order valence-corrected chi connectivity index (χ4v) is 4.64. The van der Waals surface area contributed by atoms with Crippen LogP contribution in [0.15, 0.2) is 6.07 Å². The van der Waals surface area contributed by atoms with Crippen molar-refractivity contribution in [3.05, 3.63) is 21.5 Å². The number of halogens is 1. The molecule has 90 valence electrons. The molecule has 0 spiro atoms. The molecular weight excluding hydrogens is 316 g/mol. The van der Waals surface area contributed by atoms with Gasteiger partial charge in [-0.15, -0.1) is 21.5 Å². The van der Waals surface area contributed by atoms with Gasteiger partial charge in [-0.25, -0.2) is 0 Å². The average molecular weight is 329 g/mol. The van der Waals surface area contributed by atoms with Crippen LogP contribution in [0.5, 0.6) is 0 Å². The Hall–Kier alpha value is -0.260. The second kappa shape index (κ2) is 4.78. The number of hydrogen-bond donors (Lipinski definition) is 0. The minimum absolute atomic E-state index is 0.348. The van der Waals surface area contributed by atoms with Crippen LogP contribution in [0.25, 0.3) is 9.88 Å². The van der Waals surface area contributed by atoms with E-state index in [1.165, 1.54) is 29.7 Å². The highest BCUT2D eigenvalue weighted by Gasteiger charge is 2.19. The van der Waals surface area contributed by atoms with Gasteiger partial charge in [-0.2, -0.15) is 0 Å². The van der Waals surface area contributed by atoms with Crippen LogP contribution in [0.1, 0.15) is 40.0 Å². The summed E-state index contributed by atoms with van der Waals surface area (Å²) in [5.41, 5.74) is 1.53. The molecule has 1 aliphatic rings. The maximum absolute atomic E-state index is 4.32. The monoisotopic (exact) mass is 328 g/mol. The number of thiophene rings is 1. The van der Waals surface area contributed by atoms with Crippen LogP contribution < -0.4 is 0 Å². The third-order valence-corrected chi connectivity index (χ3v) is 6.85. The van der Waals surface area contributed by atoms with E-state index in [4.69, 9.17) is 0 Å². The van der Waals surface area contributed by atoms with E-state index in [1.807, 2.05) is 11.3 Å².